The third-order valence-electron chi connectivity index (χ3n) is 2.19. The van der Waals surface area contributed by atoms with Crippen LogP contribution in [0.3, 0.4) is 0 Å². The lowest BCUT2D eigenvalue weighted by atomic mass is 10.3. The molecule has 2 aromatic rings. The molecule has 0 aliphatic carbocycles. The summed E-state index contributed by atoms with van der Waals surface area (Å²) in [6, 6.07) is 5.80. The van der Waals surface area contributed by atoms with Gasteiger partial charge < -0.3 is 4.42 Å². The van der Waals surface area contributed by atoms with Gasteiger partial charge in [-0.25, -0.2) is 0 Å². The molecule has 1 atom stereocenters. The van der Waals surface area contributed by atoms with Gasteiger partial charge in [0.15, 0.2) is 0 Å². The maximum Gasteiger partial charge on any atom is 0.127 e. The van der Waals surface area contributed by atoms with Crippen LogP contribution in [0.15, 0.2) is 27.1 Å². The summed E-state index contributed by atoms with van der Waals surface area (Å²) >= 11 is 17.1. The normalized spacial score (nSPS) is 13.0. The fourth-order valence-corrected chi connectivity index (χ4v) is 3.39. The van der Waals surface area contributed by atoms with E-state index in [4.69, 9.17) is 27.6 Å². The Morgan fingerprint density at radius 1 is 1.50 bits per heavy atom. The number of halogens is 3. The Morgan fingerprint density at radius 3 is 2.75 bits per heavy atom. The van der Waals surface area contributed by atoms with E-state index in [0.29, 0.717) is 4.34 Å². The first-order valence-electron chi connectivity index (χ1n) is 4.79. The van der Waals surface area contributed by atoms with Crippen molar-refractivity contribution in [3.63, 3.8) is 0 Å². The molecule has 0 aliphatic heterocycles. The number of hydrogen-bond acceptors (Lipinski definition) is 2. The lowest BCUT2D eigenvalue weighted by Crippen LogP contribution is -1.86. The van der Waals surface area contributed by atoms with Crippen molar-refractivity contribution in [2.45, 2.75) is 18.7 Å². The minimum Gasteiger partial charge on any atom is -0.464 e. The highest BCUT2D eigenvalue weighted by atomic mass is 79.9. The van der Waals surface area contributed by atoms with E-state index in [0.717, 1.165) is 27.3 Å². The number of rotatable bonds is 3. The Labute approximate surface area is 116 Å². The highest BCUT2D eigenvalue weighted by Gasteiger charge is 2.18. The first kappa shape index (κ1) is 12.5. The number of alkyl halides is 1. The first-order chi connectivity index (χ1) is 7.61. The maximum absolute atomic E-state index is 6.32. The van der Waals surface area contributed by atoms with E-state index in [-0.39, 0.29) is 5.38 Å². The number of hydrogen-bond donors (Lipinski definition) is 0. The quantitative estimate of drug-likeness (QED) is 0.659. The maximum atomic E-state index is 6.32. The van der Waals surface area contributed by atoms with E-state index < -0.39 is 0 Å². The molecule has 0 fully saturated rings. The molecule has 1 nitrogen and oxygen atoms in total. The van der Waals surface area contributed by atoms with Gasteiger partial charge in [-0.1, -0.05) is 18.5 Å². The molecule has 0 amide bonds. The summed E-state index contributed by atoms with van der Waals surface area (Å²) in [5.41, 5.74) is 0. The zero-order chi connectivity index (χ0) is 11.7. The molecule has 0 aromatic carbocycles. The Kier molecular flexibility index (Phi) is 4.01. The third-order valence-corrected chi connectivity index (χ3v) is 5.31. The van der Waals surface area contributed by atoms with Crippen molar-refractivity contribution in [1.82, 2.24) is 0 Å². The van der Waals surface area contributed by atoms with Crippen LogP contribution in [0.5, 0.6) is 0 Å². The van der Waals surface area contributed by atoms with E-state index in [1.807, 2.05) is 25.1 Å². The van der Waals surface area contributed by atoms with Crippen LogP contribution in [0.1, 0.15) is 28.7 Å². The second-order valence-electron chi connectivity index (χ2n) is 3.29. The van der Waals surface area contributed by atoms with E-state index in [1.165, 1.54) is 11.3 Å². The fourth-order valence-electron chi connectivity index (χ4n) is 1.35. The molecule has 5 heteroatoms. The zero-order valence-corrected chi connectivity index (χ0v) is 12.4. The Bertz CT molecular complexity index is 472. The van der Waals surface area contributed by atoms with Gasteiger partial charge in [0.2, 0.25) is 0 Å². The van der Waals surface area contributed by atoms with Crippen LogP contribution >= 0.6 is 50.5 Å². The second kappa shape index (κ2) is 5.13. The van der Waals surface area contributed by atoms with Crippen molar-refractivity contribution in [1.29, 1.82) is 0 Å². The van der Waals surface area contributed by atoms with Crippen molar-refractivity contribution in [3.8, 4) is 0 Å². The Morgan fingerprint density at radius 2 is 2.25 bits per heavy atom. The van der Waals surface area contributed by atoms with E-state index in [9.17, 15) is 0 Å². The average Bonchev–Trinajstić information content (AvgIpc) is 2.86. The SMILES string of the molecule is CCc1ccc(C(Cl)c2cc(Br)c(Cl)s2)o1. The molecule has 2 heterocycles. The monoisotopic (exact) mass is 338 g/mol. The van der Waals surface area contributed by atoms with Crippen LogP contribution in [0.2, 0.25) is 4.34 Å². The highest BCUT2D eigenvalue weighted by molar-refractivity contribution is 9.10. The molecule has 0 aliphatic rings. The minimum atomic E-state index is -0.269. The minimum absolute atomic E-state index is 0.269. The smallest absolute Gasteiger partial charge is 0.127 e. The van der Waals surface area contributed by atoms with Gasteiger partial charge in [0.05, 0.1) is 0 Å². The Balaban J connectivity index is 2.27. The lowest BCUT2D eigenvalue weighted by molar-refractivity contribution is 0.475. The van der Waals surface area contributed by atoms with Crippen LogP contribution in [0.4, 0.5) is 0 Å². The largest absolute Gasteiger partial charge is 0.464 e. The molecule has 2 rings (SSSR count). The Hall–Kier alpha value is 0.0400. The summed E-state index contributed by atoms with van der Waals surface area (Å²) in [5.74, 6) is 1.71. The van der Waals surface area contributed by atoms with Gasteiger partial charge in [0.25, 0.3) is 0 Å². The van der Waals surface area contributed by atoms with E-state index in [2.05, 4.69) is 15.9 Å². The van der Waals surface area contributed by atoms with E-state index >= 15 is 0 Å². The van der Waals surface area contributed by atoms with Crippen molar-refractivity contribution in [2.24, 2.45) is 0 Å². The first-order valence-corrected chi connectivity index (χ1v) is 7.21. The predicted octanol–water partition coefficient (Wildman–Crippen LogP) is 5.65. The van der Waals surface area contributed by atoms with Crippen LogP contribution in [-0.4, -0.2) is 0 Å². The van der Waals surface area contributed by atoms with Gasteiger partial charge in [-0.2, -0.15) is 0 Å². The molecule has 2 aromatic heterocycles. The van der Waals surface area contributed by atoms with E-state index in [1.54, 1.807) is 0 Å². The molecule has 0 N–H and O–H groups in total. The predicted molar refractivity (Wildman–Crippen MR) is 72.8 cm³/mol. The average molecular weight is 340 g/mol. The van der Waals surface area contributed by atoms with Crippen molar-refractivity contribution in [3.05, 3.63) is 43.4 Å². The summed E-state index contributed by atoms with van der Waals surface area (Å²) < 4.78 is 7.20. The summed E-state index contributed by atoms with van der Waals surface area (Å²) in [7, 11) is 0. The van der Waals surface area contributed by atoms with Gasteiger partial charge >= 0.3 is 0 Å². The molecule has 0 saturated heterocycles. The molecule has 0 spiro atoms. The molecule has 86 valence electrons. The number of aryl methyl sites for hydroxylation is 1. The topological polar surface area (TPSA) is 13.1 Å². The van der Waals surface area contributed by atoms with Crippen molar-refractivity contribution < 1.29 is 4.42 Å². The number of thiophene rings is 1. The number of furan rings is 1. The van der Waals surface area contributed by atoms with Crippen LogP contribution in [0, 0.1) is 0 Å². The standard InChI is InChI=1S/C11H9BrCl2OS/c1-2-6-3-4-8(15-6)10(13)9-5-7(12)11(14)16-9/h3-5,10H,2H2,1H3. The summed E-state index contributed by atoms with van der Waals surface area (Å²) in [5, 5.41) is -0.269. The molecular weight excluding hydrogens is 331 g/mol. The molecular formula is C11H9BrCl2OS. The third kappa shape index (κ3) is 2.48. The molecule has 0 saturated carbocycles. The van der Waals surface area contributed by atoms with Gasteiger partial charge in [0, 0.05) is 15.8 Å². The lowest BCUT2D eigenvalue weighted by Gasteiger charge is -2.02. The van der Waals surface area contributed by atoms with Crippen molar-refractivity contribution >= 4 is 50.5 Å². The molecule has 0 bridgehead atoms. The van der Waals surface area contributed by atoms with Gasteiger partial charge in [0.1, 0.15) is 21.2 Å². The summed E-state index contributed by atoms with van der Waals surface area (Å²) in [6.45, 7) is 2.05. The molecule has 16 heavy (non-hydrogen) atoms. The van der Waals surface area contributed by atoms with Gasteiger partial charge in [-0.3, -0.25) is 0 Å². The highest BCUT2D eigenvalue weighted by Crippen LogP contribution is 2.40. The molecule has 0 radical (unpaired) electrons. The zero-order valence-electron chi connectivity index (χ0n) is 8.47. The van der Waals surface area contributed by atoms with Crippen LogP contribution in [-0.2, 0) is 6.42 Å². The molecule has 1 unspecified atom stereocenters. The summed E-state index contributed by atoms with van der Waals surface area (Å²) in [6.07, 6.45) is 0.874. The van der Waals surface area contributed by atoms with Crippen LogP contribution in [0.25, 0.3) is 0 Å². The van der Waals surface area contributed by atoms with Gasteiger partial charge in [-0.05, 0) is 34.1 Å². The second-order valence-corrected chi connectivity index (χ2v) is 6.27. The van der Waals surface area contributed by atoms with Crippen LogP contribution < -0.4 is 0 Å². The van der Waals surface area contributed by atoms with Crippen molar-refractivity contribution in [2.75, 3.05) is 0 Å². The van der Waals surface area contributed by atoms with Gasteiger partial charge in [-0.15, -0.1) is 22.9 Å². The fraction of sp³-hybridized carbons (Fsp3) is 0.273. The summed E-state index contributed by atoms with van der Waals surface area (Å²) in [4.78, 5) is 0.982.